The summed E-state index contributed by atoms with van der Waals surface area (Å²) in [7, 11) is 0. The van der Waals surface area contributed by atoms with Gasteiger partial charge in [0.15, 0.2) is 0 Å². The van der Waals surface area contributed by atoms with Crippen molar-refractivity contribution < 1.29 is 9.53 Å². The van der Waals surface area contributed by atoms with Gasteiger partial charge in [0.05, 0.1) is 18.0 Å². The molecule has 0 aliphatic carbocycles. The number of hydrogen-bond acceptors (Lipinski definition) is 4. The minimum Gasteiger partial charge on any atom is -0.464 e. The van der Waals surface area contributed by atoms with Crippen molar-refractivity contribution in [3.8, 4) is 0 Å². The average molecular weight is 334 g/mol. The van der Waals surface area contributed by atoms with Crippen LogP contribution < -0.4 is 11.1 Å². The summed E-state index contributed by atoms with van der Waals surface area (Å²) >= 11 is 2.18. The number of carbonyl (C=O) groups is 1. The normalized spacial score (nSPS) is 11.9. The quantitative estimate of drug-likeness (QED) is 0.504. The van der Waals surface area contributed by atoms with E-state index in [1.165, 1.54) is 0 Å². The number of esters is 1. The highest BCUT2D eigenvalue weighted by Crippen LogP contribution is 2.21. The van der Waals surface area contributed by atoms with E-state index in [1.54, 1.807) is 13.8 Å². The third kappa shape index (κ3) is 3.55. The van der Waals surface area contributed by atoms with E-state index in [0.717, 1.165) is 9.26 Å². The van der Waals surface area contributed by atoms with Crippen molar-refractivity contribution in [2.24, 2.45) is 0 Å². The zero-order chi connectivity index (χ0) is 12.1. The van der Waals surface area contributed by atoms with Crippen LogP contribution in [0.25, 0.3) is 0 Å². The van der Waals surface area contributed by atoms with Crippen molar-refractivity contribution in [3.63, 3.8) is 0 Å². The van der Waals surface area contributed by atoms with Crippen LogP contribution in [-0.4, -0.2) is 18.6 Å². The molecule has 1 atom stereocenters. The van der Waals surface area contributed by atoms with E-state index < -0.39 is 6.04 Å². The number of rotatable bonds is 4. The molecule has 0 bridgehead atoms. The molecule has 0 spiro atoms. The van der Waals surface area contributed by atoms with Gasteiger partial charge in [-0.15, -0.1) is 0 Å². The Hall–Kier alpha value is -0.980. The van der Waals surface area contributed by atoms with Crippen molar-refractivity contribution in [2.45, 2.75) is 19.9 Å². The molecule has 0 saturated heterocycles. The summed E-state index contributed by atoms with van der Waals surface area (Å²) in [5.74, 6) is -0.277. The van der Waals surface area contributed by atoms with Gasteiger partial charge in [-0.2, -0.15) is 0 Å². The van der Waals surface area contributed by atoms with Crippen LogP contribution in [0.3, 0.4) is 0 Å². The number of carbonyl (C=O) groups excluding carboxylic acids is 1. The van der Waals surface area contributed by atoms with E-state index in [1.807, 2.05) is 18.2 Å². The van der Waals surface area contributed by atoms with Gasteiger partial charge < -0.3 is 15.8 Å². The first-order valence-electron chi connectivity index (χ1n) is 5.02. The Morgan fingerprint density at radius 2 is 2.31 bits per heavy atom. The third-order valence-electron chi connectivity index (χ3n) is 2.03. The first kappa shape index (κ1) is 13.1. The van der Waals surface area contributed by atoms with Crippen LogP contribution in [0.2, 0.25) is 0 Å². The highest BCUT2D eigenvalue weighted by Gasteiger charge is 2.14. The van der Waals surface area contributed by atoms with Crippen LogP contribution in [0.5, 0.6) is 0 Å². The van der Waals surface area contributed by atoms with Gasteiger partial charge in [0.2, 0.25) is 0 Å². The van der Waals surface area contributed by atoms with Crippen molar-refractivity contribution in [3.05, 3.63) is 21.8 Å². The molecule has 0 aliphatic rings. The molecule has 1 aromatic carbocycles. The van der Waals surface area contributed by atoms with Crippen LogP contribution in [0.1, 0.15) is 13.8 Å². The van der Waals surface area contributed by atoms with Crippen LogP contribution in [0, 0.1) is 3.57 Å². The molecule has 0 aromatic heterocycles. The Balaban J connectivity index is 2.69. The largest absolute Gasteiger partial charge is 0.464 e. The van der Waals surface area contributed by atoms with E-state index in [4.69, 9.17) is 10.5 Å². The number of hydrogen-bond donors (Lipinski definition) is 2. The predicted molar refractivity (Wildman–Crippen MR) is 73.3 cm³/mol. The second kappa shape index (κ2) is 5.93. The lowest BCUT2D eigenvalue weighted by Gasteiger charge is -2.15. The molecule has 0 radical (unpaired) electrons. The summed E-state index contributed by atoms with van der Waals surface area (Å²) < 4.78 is 5.96. The second-order valence-corrected chi connectivity index (χ2v) is 4.60. The summed E-state index contributed by atoms with van der Waals surface area (Å²) in [5.41, 5.74) is 7.20. The highest BCUT2D eigenvalue weighted by molar-refractivity contribution is 14.1. The van der Waals surface area contributed by atoms with Crippen LogP contribution in [0.4, 0.5) is 11.4 Å². The van der Waals surface area contributed by atoms with E-state index in [-0.39, 0.29) is 5.97 Å². The van der Waals surface area contributed by atoms with Gasteiger partial charge in [0.25, 0.3) is 0 Å². The zero-order valence-electron chi connectivity index (χ0n) is 9.29. The number of nitrogen functional groups attached to an aromatic ring is 1. The molecule has 1 unspecified atom stereocenters. The molecule has 0 fully saturated rings. The smallest absolute Gasteiger partial charge is 0.328 e. The number of nitrogens with one attached hydrogen (secondary N) is 1. The van der Waals surface area contributed by atoms with E-state index in [9.17, 15) is 4.79 Å². The monoisotopic (exact) mass is 334 g/mol. The SMILES string of the molecule is CCOC(=O)C(C)Nc1ccc(I)cc1N. The lowest BCUT2D eigenvalue weighted by Crippen LogP contribution is -2.28. The lowest BCUT2D eigenvalue weighted by molar-refractivity contribution is -0.143. The molecule has 3 N–H and O–H groups in total. The summed E-state index contributed by atoms with van der Waals surface area (Å²) in [4.78, 5) is 11.4. The molecule has 0 amide bonds. The summed E-state index contributed by atoms with van der Waals surface area (Å²) in [6, 6.07) is 5.23. The van der Waals surface area contributed by atoms with Crippen molar-refractivity contribution >= 4 is 39.9 Å². The molecule has 0 saturated carbocycles. The topological polar surface area (TPSA) is 64.3 Å². The molecule has 4 nitrogen and oxygen atoms in total. The van der Waals surface area contributed by atoms with Gasteiger partial charge in [-0.25, -0.2) is 4.79 Å². The number of anilines is 2. The maximum absolute atomic E-state index is 11.4. The van der Waals surface area contributed by atoms with Gasteiger partial charge in [0.1, 0.15) is 6.04 Å². The van der Waals surface area contributed by atoms with Crippen molar-refractivity contribution in [1.82, 2.24) is 0 Å². The highest BCUT2D eigenvalue weighted by atomic mass is 127. The standard InChI is InChI=1S/C11H15IN2O2/c1-3-16-11(15)7(2)14-10-5-4-8(12)6-9(10)13/h4-7,14H,3,13H2,1-2H3. The Bertz CT molecular complexity index is 382. The van der Waals surface area contributed by atoms with Gasteiger partial charge in [-0.1, -0.05) is 0 Å². The van der Waals surface area contributed by atoms with Gasteiger partial charge in [0, 0.05) is 3.57 Å². The predicted octanol–water partition coefficient (Wildman–Crippen LogP) is 2.24. The average Bonchev–Trinajstić information content (AvgIpc) is 2.22. The second-order valence-electron chi connectivity index (χ2n) is 3.35. The summed E-state index contributed by atoms with van der Waals surface area (Å²) in [5, 5.41) is 3.02. The summed E-state index contributed by atoms with van der Waals surface area (Å²) in [6.07, 6.45) is 0. The van der Waals surface area contributed by atoms with E-state index in [0.29, 0.717) is 12.3 Å². The number of halogens is 1. The molecular formula is C11H15IN2O2. The Labute approximate surface area is 109 Å². The Kier molecular flexibility index (Phi) is 4.85. The number of benzene rings is 1. The fraction of sp³-hybridized carbons (Fsp3) is 0.364. The molecule has 1 rings (SSSR count). The van der Waals surface area contributed by atoms with Crippen LogP contribution >= 0.6 is 22.6 Å². The van der Waals surface area contributed by atoms with E-state index >= 15 is 0 Å². The molecular weight excluding hydrogens is 319 g/mol. The van der Waals surface area contributed by atoms with Gasteiger partial charge in [-0.05, 0) is 54.6 Å². The molecule has 0 heterocycles. The van der Waals surface area contributed by atoms with Crippen molar-refractivity contribution in [1.29, 1.82) is 0 Å². The minimum atomic E-state index is -0.401. The fourth-order valence-corrected chi connectivity index (χ4v) is 1.74. The van der Waals surface area contributed by atoms with Crippen LogP contribution in [0.15, 0.2) is 18.2 Å². The zero-order valence-corrected chi connectivity index (χ0v) is 11.4. The minimum absolute atomic E-state index is 0.277. The Morgan fingerprint density at radius 3 is 2.88 bits per heavy atom. The Morgan fingerprint density at radius 1 is 1.62 bits per heavy atom. The number of nitrogens with two attached hydrogens (primary N) is 1. The van der Waals surface area contributed by atoms with Gasteiger partial charge in [-0.3, -0.25) is 0 Å². The molecule has 0 aliphatic heterocycles. The van der Waals surface area contributed by atoms with Crippen LogP contribution in [-0.2, 0) is 9.53 Å². The third-order valence-corrected chi connectivity index (χ3v) is 2.70. The molecule has 88 valence electrons. The molecule has 16 heavy (non-hydrogen) atoms. The number of ether oxygens (including phenoxy) is 1. The van der Waals surface area contributed by atoms with Gasteiger partial charge >= 0.3 is 5.97 Å². The maximum atomic E-state index is 11.4. The first-order valence-corrected chi connectivity index (χ1v) is 6.10. The fourth-order valence-electron chi connectivity index (χ4n) is 1.22. The van der Waals surface area contributed by atoms with E-state index in [2.05, 4.69) is 27.9 Å². The molecule has 1 aromatic rings. The lowest BCUT2D eigenvalue weighted by atomic mass is 10.2. The summed E-state index contributed by atoms with van der Waals surface area (Å²) in [6.45, 7) is 3.91. The molecule has 5 heteroatoms. The maximum Gasteiger partial charge on any atom is 0.328 e. The van der Waals surface area contributed by atoms with Crippen molar-refractivity contribution in [2.75, 3.05) is 17.7 Å². The first-order chi connectivity index (χ1) is 7.54.